The topological polar surface area (TPSA) is 73.1 Å². The van der Waals surface area contributed by atoms with E-state index in [9.17, 15) is 19.3 Å². The fraction of sp³-hybridized carbons (Fsp3) is 0. The summed E-state index contributed by atoms with van der Waals surface area (Å²) in [6, 6.07) is 9.83. The monoisotopic (exact) mass is 388 g/mol. The number of carbonyl (C=O) groups is 1. The molecule has 0 aliphatic carbocycles. The van der Waals surface area contributed by atoms with Gasteiger partial charge in [0, 0.05) is 22.6 Å². The second-order valence-corrected chi connectivity index (χ2v) is 6.47. The van der Waals surface area contributed by atoms with Gasteiger partial charge < -0.3 is 0 Å². The number of ketones is 1. The average Bonchev–Trinajstić information content (AvgIpc) is 3.09. The lowest BCUT2D eigenvalue weighted by molar-refractivity contribution is -0.384. The molecular weight excluding hydrogens is 379 g/mol. The van der Waals surface area contributed by atoms with E-state index in [4.69, 9.17) is 11.6 Å². The Bertz CT molecular complexity index is 1020. The number of rotatable bonds is 5. The van der Waals surface area contributed by atoms with E-state index in [1.807, 2.05) is 0 Å². The summed E-state index contributed by atoms with van der Waals surface area (Å²) in [5.74, 6) is -0.728. The van der Waals surface area contributed by atoms with Crippen molar-refractivity contribution in [3.63, 3.8) is 0 Å². The number of allylic oxidation sites excluding steroid dienone is 1. The van der Waals surface area contributed by atoms with Crippen molar-refractivity contribution >= 4 is 40.5 Å². The second kappa shape index (κ2) is 7.55. The van der Waals surface area contributed by atoms with E-state index in [0.29, 0.717) is 10.7 Å². The summed E-state index contributed by atoms with van der Waals surface area (Å²) in [6.45, 7) is 0. The van der Waals surface area contributed by atoms with Crippen LogP contribution in [0.2, 0.25) is 5.02 Å². The van der Waals surface area contributed by atoms with Gasteiger partial charge in [0.1, 0.15) is 15.8 Å². The highest BCUT2D eigenvalue weighted by atomic mass is 35.5. The number of benzene rings is 2. The van der Waals surface area contributed by atoms with E-state index >= 15 is 0 Å². The fourth-order valence-corrected chi connectivity index (χ4v) is 3.13. The number of nitro benzene ring substituents is 1. The minimum absolute atomic E-state index is 0.0287. The molecule has 0 spiro atoms. The van der Waals surface area contributed by atoms with Crippen LogP contribution in [0, 0.1) is 15.9 Å². The number of carbonyl (C=O) groups excluding carboxylic acids is 1. The smallest absolute Gasteiger partial charge is 0.288 e. The van der Waals surface area contributed by atoms with E-state index in [0.717, 1.165) is 11.6 Å². The van der Waals surface area contributed by atoms with Gasteiger partial charge in [-0.2, -0.15) is 0 Å². The number of halogens is 2. The Balaban J connectivity index is 1.78. The summed E-state index contributed by atoms with van der Waals surface area (Å²) in [7, 11) is 0. The largest absolute Gasteiger partial charge is 0.289 e. The molecule has 0 aliphatic heterocycles. The van der Waals surface area contributed by atoms with Crippen molar-refractivity contribution in [2.75, 3.05) is 0 Å². The Labute approximate surface area is 156 Å². The Morgan fingerprint density at radius 1 is 1.23 bits per heavy atom. The van der Waals surface area contributed by atoms with Gasteiger partial charge in [0.05, 0.1) is 10.6 Å². The zero-order valence-corrected chi connectivity index (χ0v) is 14.6. The molecule has 0 radical (unpaired) electrons. The maximum atomic E-state index is 13.0. The lowest BCUT2D eigenvalue weighted by atomic mass is 10.1. The highest BCUT2D eigenvalue weighted by Gasteiger charge is 2.15. The summed E-state index contributed by atoms with van der Waals surface area (Å²) in [6.07, 6.45) is 2.81. The van der Waals surface area contributed by atoms with Crippen molar-refractivity contribution in [1.29, 1.82) is 0 Å². The van der Waals surface area contributed by atoms with Crippen molar-refractivity contribution < 1.29 is 14.1 Å². The van der Waals surface area contributed by atoms with Crippen molar-refractivity contribution in [1.82, 2.24) is 4.98 Å². The maximum absolute atomic E-state index is 13.0. The summed E-state index contributed by atoms with van der Waals surface area (Å²) in [5.41, 5.74) is 1.17. The van der Waals surface area contributed by atoms with Crippen LogP contribution in [-0.2, 0) is 0 Å². The first-order valence-electron chi connectivity index (χ1n) is 7.32. The van der Waals surface area contributed by atoms with Gasteiger partial charge >= 0.3 is 0 Å². The number of aromatic nitrogens is 1. The summed E-state index contributed by atoms with van der Waals surface area (Å²) < 4.78 is 13.0. The Kier molecular flexibility index (Phi) is 5.20. The van der Waals surface area contributed by atoms with Crippen LogP contribution in [0.5, 0.6) is 0 Å². The Morgan fingerprint density at radius 2 is 1.96 bits per heavy atom. The quantitative estimate of drug-likeness (QED) is 0.253. The van der Waals surface area contributed by atoms with Crippen molar-refractivity contribution in [2.45, 2.75) is 0 Å². The van der Waals surface area contributed by atoms with Crippen LogP contribution in [0.4, 0.5) is 10.1 Å². The molecule has 0 amide bonds. The lowest BCUT2D eigenvalue weighted by Crippen LogP contribution is -1.97. The number of nitro groups is 1. The van der Waals surface area contributed by atoms with Crippen LogP contribution in [-0.4, -0.2) is 15.7 Å². The van der Waals surface area contributed by atoms with E-state index in [1.54, 1.807) is 17.5 Å². The molecule has 1 aromatic heterocycles. The van der Waals surface area contributed by atoms with Gasteiger partial charge in [0.25, 0.3) is 5.69 Å². The van der Waals surface area contributed by atoms with Crippen molar-refractivity contribution in [3.05, 3.63) is 86.1 Å². The number of hydrogen-bond acceptors (Lipinski definition) is 5. The molecule has 0 bridgehead atoms. The van der Waals surface area contributed by atoms with Gasteiger partial charge in [-0.05, 0) is 48.6 Å². The van der Waals surface area contributed by atoms with Crippen LogP contribution in [0.25, 0.3) is 16.6 Å². The van der Waals surface area contributed by atoms with Crippen LogP contribution in [0.1, 0.15) is 16.1 Å². The van der Waals surface area contributed by atoms with Crippen LogP contribution in [0.15, 0.2) is 53.9 Å². The molecule has 5 nitrogen and oxygen atoms in total. The highest BCUT2D eigenvalue weighted by molar-refractivity contribution is 7.13. The molecule has 8 heteroatoms. The molecular formula is C18H10ClFN2O3S. The van der Waals surface area contributed by atoms with Gasteiger partial charge in [-0.15, -0.1) is 11.3 Å². The summed E-state index contributed by atoms with van der Waals surface area (Å²) in [4.78, 5) is 26.8. The molecule has 0 saturated heterocycles. The molecule has 0 aliphatic rings. The van der Waals surface area contributed by atoms with Gasteiger partial charge in [0.15, 0.2) is 5.78 Å². The van der Waals surface area contributed by atoms with Gasteiger partial charge in [-0.25, -0.2) is 9.37 Å². The minimum atomic E-state index is -0.641. The molecule has 3 aromatic rings. The zero-order valence-electron chi connectivity index (χ0n) is 13.1. The van der Waals surface area contributed by atoms with Crippen molar-refractivity contribution in [3.8, 4) is 10.6 Å². The molecule has 0 atom stereocenters. The minimum Gasteiger partial charge on any atom is -0.289 e. The molecule has 2 aromatic carbocycles. The number of nitrogens with zero attached hydrogens (tertiary/aromatic N) is 2. The molecule has 0 unspecified atom stereocenters. The molecule has 1 heterocycles. The van der Waals surface area contributed by atoms with Crippen LogP contribution < -0.4 is 0 Å². The molecule has 130 valence electrons. The molecule has 3 rings (SSSR count). The van der Waals surface area contributed by atoms with Gasteiger partial charge in [0.2, 0.25) is 0 Å². The van der Waals surface area contributed by atoms with Crippen molar-refractivity contribution in [2.24, 2.45) is 0 Å². The number of thiazole rings is 1. The highest BCUT2D eigenvalue weighted by Crippen LogP contribution is 2.26. The first-order valence-corrected chi connectivity index (χ1v) is 8.57. The molecule has 26 heavy (non-hydrogen) atoms. The van der Waals surface area contributed by atoms with E-state index < -0.39 is 10.7 Å². The predicted molar refractivity (Wildman–Crippen MR) is 99.0 cm³/mol. The van der Waals surface area contributed by atoms with E-state index in [-0.39, 0.29) is 22.1 Å². The van der Waals surface area contributed by atoms with Gasteiger partial charge in [-0.1, -0.05) is 11.6 Å². The first-order chi connectivity index (χ1) is 12.4. The standard InChI is InChI=1S/C18H10ClFN2O3S/c19-15-7-3-12(9-16(15)22(24)25)17(23)8-6-14-10-26-18(21-14)11-1-4-13(20)5-2-11/h1-10H/b8-6+. The summed E-state index contributed by atoms with van der Waals surface area (Å²) >= 11 is 7.10. The molecule has 0 fully saturated rings. The number of hydrogen-bond donors (Lipinski definition) is 0. The van der Waals surface area contributed by atoms with Crippen LogP contribution >= 0.6 is 22.9 Å². The Morgan fingerprint density at radius 3 is 2.65 bits per heavy atom. The Hall–Kier alpha value is -2.90. The predicted octanol–water partition coefficient (Wildman–Crippen LogP) is 5.41. The third-order valence-corrected chi connectivity index (χ3v) is 4.68. The normalized spacial score (nSPS) is 11.0. The van der Waals surface area contributed by atoms with E-state index in [1.165, 1.54) is 47.8 Å². The molecule has 0 N–H and O–H groups in total. The third kappa shape index (κ3) is 4.01. The van der Waals surface area contributed by atoms with E-state index in [2.05, 4.69) is 4.98 Å². The SMILES string of the molecule is O=C(/C=C/c1csc(-c2ccc(F)cc2)n1)c1ccc(Cl)c([N+](=O)[O-])c1. The second-order valence-electron chi connectivity index (χ2n) is 5.21. The molecule has 0 saturated carbocycles. The third-order valence-electron chi connectivity index (χ3n) is 3.45. The van der Waals surface area contributed by atoms with Crippen LogP contribution in [0.3, 0.4) is 0 Å². The van der Waals surface area contributed by atoms with Gasteiger partial charge in [-0.3, -0.25) is 14.9 Å². The summed E-state index contributed by atoms with van der Waals surface area (Å²) in [5, 5.41) is 13.3. The average molecular weight is 389 g/mol. The first kappa shape index (κ1) is 17.9. The maximum Gasteiger partial charge on any atom is 0.288 e. The lowest BCUT2D eigenvalue weighted by Gasteiger charge is -1.98. The fourth-order valence-electron chi connectivity index (χ4n) is 2.15. The zero-order chi connectivity index (χ0) is 18.7.